The molecule has 0 spiro atoms. The highest BCUT2D eigenvalue weighted by atomic mass is 19.1. The minimum absolute atomic E-state index is 0.181. The molecule has 1 atom stereocenters. The molecular weight excluding hydrogens is 323 g/mol. The number of carbonyl (C=O) groups excluding carboxylic acids is 2. The fourth-order valence-corrected chi connectivity index (χ4v) is 2.26. The topological polar surface area (TPSA) is 78.4 Å². The lowest BCUT2D eigenvalue weighted by Gasteiger charge is -2.24. The van der Waals surface area contributed by atoms with Crippen molar-refractivity contribution in [1.82, 2.24) is 5.32 Å². The monoisotopic (exact) mass is 344 g/mol. The standard InChI is InChI=1S/C19H21FN2O3/c1-3-13-4-10-16(11-5-13)22-18(24)17(23)21-12-19(2,25)14-6-8-15(20)9-7-14/h4-11,25H,3,12H2,1-2H3,(H,21,23)(H,22,24). The first-order valence-electron chi connectivity index (χ1n) is 7.98. The van der Waals surface area contributed by atoms with Gasteiger partial charge in [0, 0.05) is 5.69 Å². The summed E-state index contributed by atoms with van der Waals surface area (Å²) in [5.74, 6) is -2.10. The number of rotatable bonds is 5. The summed E-state index contributed by atoms with van der Waals surface area (Å²) in [7, 11) is 0. The van der Waals surface area contributed by atoms with Crippen LogP contribution in [0.4, 0.5) is 10.1 Å². The quantitative estimate of drug-likeness (QED) is 0.729. The molecule has 0 aromatic heterocycles. The van der Waals surface area contributed by atoms with Gasteiger partial charge >= 0.3 is 11.8 Å². The van der Waals surface area contributed by atoms with E-state index in [-0.39, 0.29) is 6.54 Å². The van der Waals surface area contributed by atoms with Crippen molar-refractivity contribution in [3.63, 3.8) is 0 Å². The van der Waals surface area contributed by atoms with Gasteiger partial charge in [-0.05, 0) is 48.7 Å². The van der Waals surface area contributed by atoms with E-state index >= 15 is 0 Å². The summed E-state index contributed by atoms with van der Waals surface area (Å²) in [6.45, 7) is 3.32. The van der Waals surface area contributed by atoms with Crippen LogP contribution in [0.2, 0.25) is 0 Å². The lowest BCUT2D eigenvalue weighted by molar-refractivity contribution is -0.136. The Balaban J connectivity index is 1.91. The first-order valence-corrected chi connectivity index (χ1v) is 7.98. The van der Waals surface area contributed by atoms with Crippen molar-refractivity contribution in [1.29, 1.82) is 0 Å². The molecule has 0 heterocycles. The predicted octanol–water partition coefficient (Wildman–Crippen LogP) is 2.35. The molecule has 2 rings (SSSR count). The lowest BCUT2D eigenvalue weighted by Crippen LogP contribution is -2.43. The summed E-state index contributed by atoms with van der Waals surface area (Å²) in [5.41, 5.74) is 0.650. The van der Waals surface area contributed by atoms with Crippen LogP contribution in [0.25, 0.3) is 0 Å². The average molecular weight is 344 g/mol. The number of aryl methyl sites for hydroxylation is 1. The van der Waals surface area contributed by atoms with E-state index in [9.17, 15) is 19.1 Å². The van der Waals surface area contributed by atoms with Gasteiger partial charge in [0.15, 0.2) is 0 Å². The van der Waals surface area contributed by atoms with Gasteiger partial charge in [-0.15, -0.1) is 0 Å². The number of anilines is 1. The van der Waals surface area contributed by atoms with Crippen molar-refractivity contribution < 1.29 is 19.1 Å². The van der Waals surface area contributed by atoms with Crippen LogP contribution in [0, 0.1) is 5.82 Å². The Morgan fingerprint density at radius 2 is 1.64 bits per heavy atom. The number of carbonyl (C=O) groups is 2. The van der Waals surface area contributed by atoms with E-state index in [1.165, 1.54) is 31.2 Å². The Morgan fingerprint density at radius 3 is 2.20 bits per heavy atom. The fourth-order valence-electron chi connectivity index (χ4n) is 2.26. The van der Waals surface area contributed by atoms with Crippen LogP contribution in [0.15, 0.2) is 48.5 Å². The molecule has 0 fully saturated rings. The number of hydrogen-bond acceptors (Lipinski definition) is 3. The number of halogens is 1. The van der Waals surface area contributed by atoms with Crippen molar-refractivity contribution in [2.24, 2.45) is 0 Å². The molecule has 6 heteroatoms. The van der Waals surface area contributed by atoms with Crippen LogP contribution in [0.3, 0.4) is 0 Å². The van der Waals surface area contributed by atoms with E-state index < -0.39 is 23.2 Å². The largest absolute Gasteiger partial charge is 0.384 e. The summed E-state index contributed by atoms with van der Waals surface area (Å²) in [5, 5.41) is 15.3. The second-order valence-electron chi connectivity index (χ2n) is 5.97. The van der Waals surface area contributed by atoms with Gasteiger partial charge in [-0.3, -0.25) is 9.59 Å². The first kappa shape index (κ1) is 18.6. The average Bonchev–Trinajstić information content (AvgIpc) is 2.60. The molecule has 2 aromatic rings. The summed E-state index contributed by atoms with van der Waals surface area (Å²) in [6.07, 6.45) is 0.882. The van der Waals surface area contributed by atoms with Crippen molar-refractivity contribution in [3.8, 4) is 0 Å². The third kappa shape index (κ3) is 5.12. The number of nitrogens with one attached hydrogen (secondary N) is 2. The Bertz CT molecular complexity index is 740. The van der Waals surface area contributed by atoms with E-state index in [1.807, 2.05) is 19.1 Å². The zero-order chi connectivity index (χ0) is 18.4. The molecule has 3 N–H and O–H groups in total. The summed E-state index contributed by atoms with van der Waals surface area (Å²) in [4.78, 5) is 23.8. The molecule has 0 saturated carbocycles. The molecule has 0 bridgehead atoms. The second kappa shape index (κ2) is 7.90. The van der Waals surface area contributed by atoms with Crippen LogP contribution in [-0.4, -0.2) is 23.5 Å². The van der Waals surface area contributed by atoms with Gasteiger partial charge in [-0.25, -0.2) is 4.39 Å². The maximum atomic E-state index is 12.9. The Morgan fingerprint density at radius 1 is 1.04 bits per heavy atom. The normalized spacial score (nSPS) is 13.0. The molecular formula is C19H21FN2O3. The first-order chi connectivity index (χ1) is 11.8. The zero-order valence-electron chi connectivity index (χ0n) is 14.2. The van der Waals surface area contributed by atoms with Crippen molar-refractivity contribution in [3.05, 3.63) is 65.5 Å². The summed E-state index contributed by atoms with van der Waals surface area (Å²) >= 11 is 0. The molecule has 5 nitrogen and oxygen atoms in total. The van der Waals surface area contributed by atoms with E-state index in [0.29, 0.717) is 11.3 Å². The highest BCUT2D eigenvalue weighted by Gasteiger charge is 2.25. The zero-order valence-corrected chi connectivity index (χ0v) is 14.2. The Kier molecular flexibility index (Phi) is 5.88. The van der Waals surface area contributed by atoms with Crippen molar-refractivity contribution >= 4 is 17.5 Å². The van der Waals surface area contributed by atoms with E-state index in [1.54, 1.807) is 12.1 Å². The van der Waals surface area contributed by atoms with Crippen molar-refractivity contribution in [2.75, 3.05) is 11.9 Å². The molecule has 0 aliphatic heterocycles. The third-order valence-corrected chi connectivity index (χ3v) is 3.89. The molecule has 132 valence electrons. The van der Waals surface area contributed by atoms with Gasteiger partial charge < -0.3 is 15.7 Å². The SMILES string of the molecule is CCc1ccc(NC(=O)C(=O)NCC(C)(O)c2ccc(F)cc2)cc1. The highest BCUT2D eigenvalue weighted by molar-refractivity contribution is 6.39. The molecule has 0 aliphatic rings. The minimum Gasteiger partial charge on any atom is -0.384 e. The summed E-state index contributed by atoms with van der Waals surface area (Å²) < 4.78 is 12.9. The summed E-state index contributed by atoms with van der Waals surface area (Å²) in [6, 6.07) is 12.5. The fraction of sp³-hybridized carbons (Fsp3) is 0.263. The molecule has 0 radical (unpaired) electrons. The van der Waals surface area contributed by atoms with Gasteiger partial charge in [0.1, 0.15) is 11.4 Å². The highest BCUT2D eigenvalue weighted by Crippen LogP contribution is 2.19. The van der Waals surface area contributed by atoms with Crippen LogP contribution < -0.4 is 10.6 Å². The number of amides is 2. The van der Waals surface area contributed by atoms with Crippen LogP contribution >= 0.6 is 0 Å². The molecule has 0 aliphatic carbocycles. The Labute approximate surface area is 145 Å². The van der Waals surface area contributed by atoms with Crippen LogP contribution in [0.5, 0.6) is 0 Å². The van der Waals surface area contributed by atoms with Crippen LogP contribution in [0.1, 0.15) is 25.0 Å². The number of hydrogen-bond donors (Lipinski definition) is 3. The van der Waals surface area contributed by atoms with E-state index in [0.717, 1.165) is 12.0 Å². The molecule has 0 saturated heterocycles. The van der Waals surface area contributed by atoms with Gasteiger partial charge in [-0.1, -0.05) is 31.2 Å². The van der Waals surface area contributed by atoms with Gasteiger partial charge in [0.2, 0.25) is 0 Å². The second-order valence-corrected chi connectivity index (χ2v) is 5.97. The smallest absolute Gasteiger partial charge is 0.313 e. The van der Waals surface area contributed by atoms with Gasteiger partial charge in [0.05, 0.1) is 6.54 Å². The van der Waals surface area contributed by atoms with Crippen molar-refractivity contribution in [2.45, 2.75) is 25.9 Å². The minimum atomic E-state index is -1.42. The number of benzene rings is 2. The van der Waals surface area contributed by atoms with Gasteiger partial charge in [0.25, 0.3) is 0 Å². The van der Waals surface area contributed by atoms with Gasteiger partial charge in [-0.2, -0.15) is 0 Å². The molecule has 1 unspecified atom stereocenters. The Hall–Kier alpha value is -2.73. The maximum absolute atomic E-state index is 12.9. The predicted molar refractivity (Wildman–Crippen MR) is 93.4 cm³/mol. The van der Waals surface area contributed by atoms with Crippen LogP contribution in [-0.2, 0) is 21.6 Å². The van der Waals surface area contributed by atoms with E-state index in [2.05, 4.69) is 10.6 Å². The van der Waals surface area contributed by atoms with E-state index in [4.69, 9.17) is 0 Å². The maximum Gasteiger partial charge on any atom is 0.313 e. The lowest BCUT2D eigenvalue weighted by atomic mass is 9.96. The molecule has 25 heavy (non-hydrogen) atoms. The molecule has 2 amide bonds. The third-order valence-electron chi connectivity index (χ3n) is 3.89. The molecule has 2 aromatic carbocycles. The number of aliphatic hydroxyl groups is 1.